The molecule has 1 heterocycles. The van der Waals surface area contributed by atoms with E-state index in [1.165, 1.54) is 12.1 Å². The van der Waals surface area contributed by atoms with Crippen molar-refractivity contribution in [3.05, 3.63) is 69.5 Å². The van der Waals surface area contributed by atoms with Gasteiger partial charge in [-0.2, -0.15) is 0 Å². The fourth-order valence-electron chi connectivity index (χ4n) is 2.84. The normalized spacial score (nSPS) is 11.2. The Hall–Kier alpha value is -2.81. The molecule has 0 bridgehead atoms. The molecule has 2 N–H and O–H groups in total. The second-order valence-corrected chi connectivity index (χ2v) is 6.84. The quantitative estimate of drug-likeness (QED) is 0.587. The third-order valence-electron chi connectivity index (χ3n) is 4.22. The Kier molecular flexibility index (Phi) is 6.92. The Labute approximate surface area is 171 Å². The number of methoxy groups -OCH3 is 1. The number of benzene rings is 2. The van der Waals surface area contributed by atoms with E-state index in [0.717, 1.165) is 6.07 Å². The summed E-state index contributed by atoms with van der Waals surface area (Å²) in [6.07, 6.45) is 0. The number of nitrogens with zero attached hydrogens (tertiary/aromatic N) is 2. The highest BCUT2D eigenvalue weighted by molar-refractivity contribution is 6.30. The molecular weight excluding hydrogens is 399 g/mol. The van der Waals surface area contributed by atoms with Crippen LogP contribution in [0.1, 0.15) is 5.82 Å². The molecule has 1 aromatic heterocycles. The van der Waals surface area contributed by atoms with Gasteiger partial charge in [-0.05, 0) is 30.3 Å². The summed E-state index contributed by atoms with van der Waals surface area (Å²) >= 11 is 5.73. The van der Waals surface area contributed by atoms with Crippen LogP contribution in [0.25, 0.3) is 10.9 Å². The summed E-state index contributed by atoms with van der Waals surface area (Å²) in [4.78, 5) is 33.6. The first-order chi connectivity index (χ1) is 14.0. The molecule has 0 radical (unpaired) electrons. The van der Waals surface area contributed by atoms with Gasteiger partial charge in [0.2, 0.25) is 5.91 Å². The highest BCUT2D eigenvalue weighted by atomic mass is 35.5. The highest BCUT2D eigenvalue weighted by Crippen LogP contribution is 2.18. The number of para-hydroxylation sites is 1. The molecule has 1 amide bonds. The van der Waals surface area contributed by atoms with E-state index >= 15 is 0 Å². The first-order valence-corrected chi connectivity index (χ1v) is 9.28. The van der Waals surface area contributed by atoms with Gasteiger partial charge < -0.3 is 15.0 Å². The summed E-state index contributed by atoms with van der Waals surface area (Å²) in [5.74, 6) is -0.601. The lowest BCUT2D eigenvalue weighted by atomic mass is 10.2. The van der Waals surface area contributed by atoms with Crippen molar-refractivity contribution in [2.24, 2.45) is 0 Å². The highest BCUT2D eigenvalue weighted by Gasteiger charge is 2.15. The van der Waals surface area contributed by atoms with Crippen molar-refractivity contribution in [3.8, 4) is 0 Å². The van der Waals surface area contributed by atoms with Crippen LogP contribution < -0.4 is 10.9 Å². The minimum Gasteiger partial charge on any atom is -0.383 e. The summed E-state index contributed by atoms with van der Waals surface area (Å²) in [5, 5.41) is 3.26. The SMILES string of the molecule is COCCN(CC(=O)Nc1ccc(Cl)cc1F)Cc1nc2ccccc2c(=O)[nH]1. The Balaban J connectivity index is 1.74. The van der Waals surface area contributed by atoms with E-state index in [9.17, 15) is 14.0 Å². The second-order valence-electron chi connectivity index (χ2n) is 6.41. The second kappa shape index (κ2) is 9.60. The van der Waals surface area contributed by atoms with E-state index in [2.05, 4.69) is 15.3 Å². The number of anilines is 1. The standard InChI is InChI=1S/C20H20ClFN4O3/c1-29-9-8-26(12-19(27)24-17-7-6-13(21)10-15(17)22)11-18-23-16-5-3-2-4-14(16)20(28)25-18/h2-7,10H,8-9,11-12H2,1H3,(H,24,27)(H,23,25,28). The van der Waals surface area contributed by atoms with E-state index in [-0.39, 0.29) is 29.4 Å². The van der Waals surface area contributed by atoms with Gasteiger partial charge in [-0.1, -0.05) is 23.7 Å². The summed E-state index contributed by atoms with van der Waals surface area (Å²) in [6, 6.07) is 11.0. The number of carbonyl (C=O) groups excluding carboxylic acids is 1. The van der Waals surface area contributed by atoms with Gasteiger partial charge in [-0.3, -0.25) is 14.5 Å². The van der Waals surface area contributed by atoms with Crippen LogP contribution in [0, 0.1) is 5.82 Å². The molecule has 2 aromatic carbocycles. The Bertz CT molecular complexity index is 1070. The van der Waals surface area contributed by atoms with Gasteiger partial charge in [0.15, 0.2) is 0 Å². The van der Waals surface area contributed by atoms with Crippen LogP contribution in [0.5, 0.6) is 0 Å². The number of fused-ring (bicyclic) bond motifs is 1. The van der Waals surface area contributed by atoms with Gasteiger partial charge in [0.1, 0.15) is 11.6 Å². The van der Waals surface area contributed by atoms with Crippen molar-refractivity contribution in [1.82, 2.24) is 14.9 Å². The minimum absolute atomic E-state index is 0.0397. The number of carbonyl (C=O) groups is 1. The fraction of sp³-hybridized carbons (Fsp3) is 0.250. The Morgan fingerprint density at radius 1 is 1.31 bits per heavy atom. The zero-order valence-electron chi connectivity index (χ0n) is 15.7. The Morgan fingerprint density at radius 3 is 2.86 bits per heavy atom. The number of hydrogen-bond donors (Lipinski definition) is 2. The first kappa shape index (κ1) is 20.9. The molecule has 0 spiro atoms. The van der Waals surface area contributed by atoms with Crippen molar-refractivity contribution < 1.29 is 13.9 Å². The van der Waals surface area contributed by atoms with Crippen molar-refractivity contribution in [1.29, 1.82) is 0 Å². The third-order valence-corrected chi connectivity index (χ3v) is 4.45. The van der Waals surface area contributed by atoms with E-state index in [1.807, 2.05) is 0 Å². The average molecular weight is 419 g/mol. The molecule has 0 aliphatic heterocycles. The van der Waals surface area contributed by atoms with Crippen molar-refractivity contribution >= 4 is 34.1 Å². The lowest BCUT2D eigenvalue weighted by Gasteiger charge is -2.21. The molecule has 0 atom stereocenters. The molecule has 0 aliphatic rings. The van der Waals surface area contributed by atoms with Crippen molar-refractivity contribution in [2.45, 2.75) is 6.54 Å². The van der Waals surface area contributed by atoms with Crippen LogP contribution in [-0.4, -0.2) is 47.6 Å². The molecule has 0 unspecified atom stereocenters. The number of ether oxygens (including phenoxy) is 1. The van der Waals surface area contributed by atoms with Crippen LogP contribution >= 0.6 is 11.6 Å². The van der Waals surface area contributed by atoms with E-state index in [4.69, 9.17) is 16.3 Å². The van der Waals surface area contributed by atoms with Crippen LogP contribution in [0.3, 0.4) is 0 Å². The van der Waals surface area contributed by atoms with Crippen molar-refractivity contribution in [3.63, 3.8) is 0 Å². The summed E-state index contributed by atoms with van der Waals surface area (Å²) in [5.41, 5.74) is 0.374. The molecule has 0 fully saturated rings. The molecule has 29 heavy (non-hydrogen) atoms. The average Bonchev–Trinajstić information content (AvgIpc) is 2.68. The number of amides is 1. The van der Waals surface area contributed by atoms with Gasteiger partial charge in [0.05, 0.1) is 36.3 Å². The largest absolute Gasteiger partial charge is 0.383 e. The molecule has 152 valence electrons. The lowest BCUT2D eigenvalue weighted by Crippen LogP contribution is -2.36. The van der Waals surface area contributed by atoms with Crippen molar-refractivity contribution in [2.75, 3.05) is 32.1 Å². The van der Waals surface area contributed by atoms with Crippen LogP contribution in [0.15, 0.2) is 47.3 Å². The van der Waals surface area contributed by atoms with Gasteiger partial charge in [-0.15, -0.1) is 0 Å². The molecule has 0 saturated carbocycles. The minimum atomic E-state index is -0.616. The predicted octanol–water partition coefficient (Wildman–Crippen LogP) is 2.80. The number of nitrogens with one attached hydrogen (secondary N) is 2. The van der Waals surface area contributed by atoms with Crippen LogP contribution in [0.2, 0.25) is 5.02 Å². The number of H-pyrrole nitrogens is 1. The zero-order chi connectivity index (χ0) is 20.8. The maximum Gasteiger partial charge on any atom is 0.258 e. The maximum absolute atomic E-state index is 13.9. The third kappa shape index (κ3) is 5.60. The first-order valence-electron chi connectivity index (χ1n) is 8.90. The monoisotopic (exact) mass is 418 g/mol. The molecule has 3 aromatic rings. The van der Waals surface area contributed by atoms with Gasteiger partial charge in [0, 0.05) is 18.7 Å². The number of rotatable bonds is 8. The van der Waals surface area contributed by atoms with Gasteiger partial charge in [0.25, 0.3) is 5.56 Å². The molecule has 0 saturated heterocycles. The maximum atomic E-state index is 13.9. The van der Waals surface area contributed by atoms with Gasteiger partial charge >= 0.3 is 0 Å². The predicted molar refractivity (Wildman–Crippen MR) is 110 cm³/mol. The number of halogens is 2. The number of aromatic nitrogens is 2. The zero-order valence-corrected chi connectivity index (χ0v) is 16.5. The summed E-state index contributed by atoms with van der Waals surface area (Å²) in [6.45, 7) is 0.978. The van der Waals surface area contributed by atoms with E-state index < -0.39 is 11.7 Å². The molecule has 0 aliphatic carbocycles. The van der Waals surface area contributed by atoms with Gasteiger partial charge in [-0.25, -0.2) is 9.37 Å². The molecular formula is C20H20ClFN4O3. The molecule has 9 heteroatoms. The molecule has 3 rings (SSSR count). The topological polar surface area (TPSA) is 87.3 Å². The fourth-order valence-corrected chi connectivity index (χ4v) is 3.00. The number of hydrogen-bond acceptors (Lipinski definition) is 5. The lowest BCUT2D eigenvalue weighted by molar-refractivity contribution is -0.117. The smallest absolute Gasteiger partial charge is 0.258 e. The van der Waals surface area contributed by atoms with E-state index in [0.29, 0.717) is 29.9 Å². The summed E-state index contributed by atoms with van der Waals surface area (Å²) < 4.78 is 19.0. The summed E-state index contributed by atoms with van der Waals surface area (Å²) in [7, 11) is 1.55. The number of aromatic amines is 1. The van der Waals surface area contributed by atoms with Crippen LogP contribution in [0.4, 0.5) is 10.1 Å². The molecule has 7 nitrogen and oxygen atoms in total. The van der Waals surface area contributed by atoms with E-state index in [1.54, 1.807) is 36.3 Å². The Morgan fingerprint density at radius 2 is 2.10 bits per heavy atom. The van der Waals surface area contributed by atoms with Crippen LogP contribution in [-0.2, 0) is 16.1 Å².